The van der Waals surface area contributed by atoms with Gasteiger partial charge in [-0.1, -0.05) is 6.42 Å². The molecule has 1 saturated carbocycles. The second kappa shape index (κ2) is 12.6. The van der Waals surface area contributed by atoms with Gasteiger partial charge in [0, 0.05) is 38.1 Å². The van der Waals surface area contributed by atoms with Gasteiger partial charge in [-0.05, 0) is 40.2 Å². The summed E-state index contributed by atoms with van der Waals surface area (Å²) < 4.78 is 37.0. The number of hydrogen-bond donors (Lipinski definition) is 3. The van der Waals surface area contributed by atoms with Gasteiger partial charge in [0.2, 0.25) is 5.91 Å². The number of carbonyl (C=O) groups is 1. The lowest BCUT2D eigenvalue weighted by Gasteiger charge is -2.30. The van der Waals surface area contributed by atoms with Gasteiger partial charge < -0.3 is 16.0 Å². The van der Waals surface area contributed by atoms with Crippen LogP contribution in [0.2, 0.25) is 0 Å². The Labute approximate surface area is 177 Å². The van der Waals surface area contributed by atoms with Gasteiger partial charge in [-0.15, -0.1) is 24.0 Å². The molecule has 0 aromatic rings. The van der Waals surface area contributed by atoms with Gasteiger partial charge in [0.1, 0.15) is 0 Å². The minimum atomic E-state index is -4.19. The number of nitrogens with zero attached hydrogens (tertiary/aromatic N) is 2. The van der Waals surface area contributed by atoms with Crippen LogP contribution in [-0.4, -0.2) is 68.8 Å². The molecule has 0 bridgehead atoms. The number of hydrogen-bond acceptors (Lipinski definition) is 3. The maximum atomic E-state index is 12.3. The summed E-state index contributed by atoms with van der Waals surface area (Å²) in [6.07, 6.45) is -0.681. The van der Waals surface area contributed by atoms with E-state index in [1.54, 1.807) is 7.05 Å². The van der Waals surface area contributed by atoms with Crippen LogP contribution in [0.3, 0.4) is 0 Å². The third-order valence-corrected chi connectivity index (χ3v) is 4.28. The average molecular weight is 507 g/mol. The molecule has 0 spiro atoms. The molecule has 1 aliphatic rings. The molecule has 2 unspecified atom stereocenters. The van der Waals surface area contributed by atoms with Gasteiger partial charge in [0.15, 0.2) is 5.96 Å². The molecule has 2 atom stereocenters. The SMILES string of the molecule is CN=C(NCCN(C)CC(F)(F)F)NC1CCCC(C(=O)NC(C)C)C1.I. The maximum absolute atomic E-state index is 12.3. The van der Waals surface area contributed by atoms with E-state index < -0.39 is 12.7 Å². The highest BCUT2D eigenvalue weighted by molar-refractivity contribution is 14.0. The molecule has 3 N–H and O–H groups in total. The molecule has 0 aliphatic heterocycles. The van der Waals surface area contributed by atoms with E-state index in [9.17, 15) is 18.0 Å². The van der Waals surface area contributed by atoms with E-state index in [2.05, 4.69) is 20.9 Å². The quantitative estimate of drug-likeness (QED) is 0.281. The fourth-order valence-electron chi connectivity index (χ4n) is 3.10. The van der Waals surface area contributed by atoms with Crippen LogP contribution < -0.4 is 16.0 Å². The highest BCUT2D eigenvalue weighted by Gasteiger charge is 2.29. The summed E-state index contributed by atoms with van der Waals surface area (Å²) in [5, 5.41) is 9.28. The van der Waals surface area contributed by atoms with E-state index in [4.69, 9.17) is 0 Å². The van der Waals surface area contributed by atoms with E-state index in [1.165, 1.54) is 11.9 Å². The van der Waals surface area contributed by atoms with Gasteiger partial charge in [0.25, 0.3) is 0 Å². The Kier molecular flexibility index (Phi) is 12.3. The Morgan fingerprint density at radius 1 is 1.30 bits per heavy atom. The Morgan fingerprint density at radius 3 is 2.52 bits per heavy atom. The first kappa shape index (κ1) is 26.2. The Hall–Kier alpha value is -0.780. The predicted octanol–water partition coefficient (Wildman–Crippen LogP) is 2.35. The highest BCUT2D eigenvalue weighted by atomic mass is 127. The molecular formula is C17H33F3IN5O. The minimum absolute atomic E-state index is 0. The van der Waals surface area contributed by atoms with Crippen LogP contribution in [0.4, 0.5) is 13.2 Å². The van der Waals surface area contributed by atoms with Gasteiger partial charge in [-0.25, -0.2) is 0 Å². The largest absolute Gasteiger partial charge is 0.401 e. The molecule has 1 rings (SSSR count). The number of carbonyl (C=O) groups excluding carboxylic acids is 1. The summed E-state index contributed by atoms with van der Waals surface area (Å²) in [4.78, 5) is 17.5. The predicted molar refractivity (Wildman–Crippen MR) is 112 cm³/mol. The average Bonchev–Trinajstić information content (AvgIpc) is 2.51. The van der Waals surface area contributed by atoms with Gasteiger partial charge in [0.05, 0.1) is 6.54 Å². The van der Waals surface area contributed by atoms with E-state index >= 15 is 0 Å². The van der Waals surface area contributed by atoms with E-state index in [0.29, 0.717) is 12.5 Å². The minimum Gasteiger partial charge on any atom is -0.355 e. The normalized spacial score (nSPS) is 21.0. The Balaban J connectivity index is 0.00000676. The molecule has 1 aliphatic carbocycles. The van der Waals surface area contributed by atoms with Crippen molar-refractivity contribution in [2.24, 2.45) is 10.9 Å². The smallest absolute Gasteiger partial charge is 0.355 e. The van der Waals surface area contributed by atoms with Crippen molar-refractivity contribution in [2.45, 2.75) is 57.8 Å². The summed E-state index contributed by atoms with van der Waals surface area (Å²) in [7, 11) is 3.06. The van der Waals surface area contributed by atoms with Crippen molar-refractivity contribution in [3.05, 3.63) is 0 Å². The molecule has 1 fully saturated rings. The third kappa shape index (κ3) is 11.6. The van der Waals surface area contributed by atoms with Crippen LogP contribution >= 0.6 is 24.0 Å². The third-order valence-electron chi connectivity index (χ3n) is 4.28. The monoisotopic (exact) mass is 507 g/mol. The van der Waals surface area contributed by atoms with Gasteiger partial charge in [-0.2, -0.15) is 13.2 Å². The zero-order valence-electron chi connectivity index (χ0n) is 16.5. The molecule has 1 amide bonds. The highest BCUT2D eigenvalue weighted by Crippen LogP contribution is 2.24. The van der Waals surface area contributed by atoms with Crippen LogP contribution in [-0.2, 0) is 4.79 Å². The first-order chi connectivity index (χ1) is 12.1. The van der Waals surface area contributed by atoms with E-state index in [1.807, 2.05) is 13.8 Å². The summed E-state index contributed by atoms with van der Waals surface area (Å²) in [6.45, 7) is 3.56. The number of nitrogens with one attached hydrogen (secondary N) is 3. The zero-order valence-corrected chi connectivity index (χ0v) is 18.9. The summed E-state index contributed by atoms with van der Waals surface area (Å²) in [5.74, 6) is 0.628. The Morgan fingerprint density at radius 2 is 1.96 bits per heavy atom. The number of aliphatic imine (C=N–C) groups is 1. The molecule has 160 valence electrons. The fraction of sp³-hybridized carbons (Fsp3) is 0.882. The molecule has 0 radical (unpaired) electrons. The molecule has 6 nitrogen and oxygen atoms in total. The molecule has 0 heterocycles. The molecule has 0 aromatic carbocycles. The Bertz CT molecular complexity index is 474. The first-order valence-corrected chi connectivity index (χ1v) is 9.13. The molecular weight excluding hydrogens is 474 g/mol. The van der Waals surface area contributed by atoms with Crippen LogP contribution in [0.1, 0.15) is 39.5 Å². The zero-order chi connectivity index (χ0) is 19.7. The molecule has 10 heteroatoms. The number of rotatable bonds is 7. The van der Waals surface area contributed by atoms with Crippen molar-refractivity contribution in [3.8, 4) is 0 Å². The second-order valence-electron chi connectivity index (χ2n) is 7.22. The number of guanidine groups is 1. The van der Waals surface area contributed by atoms with Gasteiger partial charge >= 0.3 is 6.18 Å². The van der Waals surface area contributed by atoms with Crippen molar-refractivity contribution in [2.75, 3.05) is 33.7 Å². The van der Waals surface area contributed by atoms with Crippen LogP contribution in [0.15, 0.2) is 4.99 Å². The molecule has 0 aromatic heterocycles. The fourth-order valence-corrected chi connectivity index (χ4v) is 3.10. The summed E-state index contributed by atoms with van der Waals surface area (Å²) in [6, 6.07) is 0.254. The summed E-state index contributed by atoms with van der Waals surface area (Å²) in [5.41, 5.74) is 0. The first-order valence-electron chi connectivity index (χ1n) is 9.13. The number of alkyl halides is 3. The van der Waals surface area contributed by atoms with Crippen molar-refractivity contribution < 1.29 is 18.0 Å². The standard InChI is InChI=1S/C17H32F3N5O.HI/c1-12(2)23-15(26)13-6-5-7-14(10-13)24-16(21-3)22-8-9-25(4)11-17(18,19)20;/h12-14H,5-11H2,1-4H3,(H,23,26)(H2,21,22,24);1H. The summed E-state index contributed by atoms with van der Waals surface area (Å²) >= 11 is 0. The molecule has 27 heavy (non-hydrogen) atoms. The van der Waals surface area contributed by atoms with Crippen LogP contribution in [0.5, 0.6) is 0 Å². The second-order valence-corrected chi connectivity index (χ2v) is 7.22. The molecule has 0 saturated heterocycles. The number of halogens is 4. The van der Waals surface area contributed by atoms with Crippen molar-refractivity contribution in [1.82, 2.24) is 20.9 Å². The van der Waals surface area contributed by atoms with E-state index in [0.717, 1.165) is 25.7 Å². The number of amides is 1. The number of likely N-dealkylation sites (N-methyl/N-ethyl adjacent to an activating group) is 1. The maximum Gasteiger partial charge on any atom is 0.401 e. The lowest BCUT2D eigenvalue weighted by Crippen LogP contribution is -2.48. The lowest BCUT2D eigenvalue weighted by atomic mass is 9.85. The van der Waals surface area contributed by atoms with Gasteiger partial charge in [-0.3, -0.25) is 14.7 Å². The van der Waals surface area contributed by atoms with Crippen LogP contribution in [0.25, 0.3) is 0 Å². The lowest BCUT2D eigenvalue weighted by molar-refractivity contribution is -0.142. The topological polar surface area (TPSA) is 68.8 Å². The van der Waals surface area contributed by atoms with Crippen molar-refractivity contribution in [1.29, 1.82) is 0 Å². The van der Waals surface area contributed by atoms with Crippen molar-refractivity contribution >= 4 is 35.8 Å². The van der Waals surface area contributed by atoms with Crippen LogP contribution in [0, 0.1) is 5.92 Å². The van der Waals surface area contributed by atoms with Crippen molar-refractivity contribution in [3.63, 3.8) is 0 Å². The van der Waals surface area contributed by atoms with E-state index in [-0.39, 0.29) is 54.4 Å².